The second kappa shape index (κ2) is 50.7. The number of ether oxygens (including phenoxy) is 4. The molecule has 2 aliphatic rings. The maximum absolute atomic E-state index is 13.3. The molecule has 1 amide bonds. The minimum atomic E-state index is -1.78. The van der Waals surface area contributed by atoms with E-state index in [1.165, 1.54) is 103 Å². The Bertz CT molecular complexity index is 1660. The lowest BCUT2D eigenvalue weighted by Gasteiger charge is -2.46. The van der Waals surface area contributed by atoms with E-state index in [4.69, 9.17) is 18.9 Å². The zero-order valence-corrected chi connectivity index (χ0v) is 49.8. The van der Waals surface area contributed by atoms with E-state index in [-0.39, 0.29) is 12.5 Å². The number of carbonyl (C=O) groups is 1. The molecule has 0 aromatic heterocycles. The Morgan fingerprint density at radius 2 is 0.863 bits per heavy atom. The van der Waals surface area contributed by atoms with Crippen LogP contribution < -0.4 is 5.32 Å². The van der Waals surface area contributed by atoms with Crippen molar-refractivity contribution in [3.05, 3.63) is 85.1 Å². The Morgan fingerprint density at radius 1 is 0.463 bits per heavy atom. The second-order valence-electron chi connectivity index (χ2n) is 22.2. The summed E-state index contributed by atoms with van der Waals surface area (Å²) in [6.45, 7) is 2.73. The van der Waals surface area contributed by atoms with Gasteiger partial charge in [0.25, 0.3) is 0 Å². The normalized spacial score (nSPS) is 24.8. The average Bonchev–Trinajstić information content (AvgIpc) is 3.46. The maximum atomic E-state index is 13.3. The Morgan fingerprint density at radius 3 is 1.32 bits per heavy atom. The van der Waals surface area contributed by atoms with Gasteiger partial charge in [0.15, 0.2) is 12.6 Å². The SMILES string of the molecule is CC/C=C\C/C=C\C/C=C\C/C=C\C/C=C\C/C=C\C/C=C\CCCCCCCCCCCCCCCC(=O)NC(COC1OC(CO)C(OC2OC(CO)C(O)C(O)C2O)C(O)C1O)C(O)CCCCCCCCCCCCC. The summed E-state index contributed by atoms with van der Waals surface area (Å²) >= 11 is 0. The van der Waals surface area contributed by atoms with Crippen LogP contribution in [0, 0.1) is 0 Å². The lowest BCUT2D eigenvalue weighted by atomic mass is 9.97. The number of amides is 1. The van der Waals surface area contributed by atoms with E-state index in [1.54, 1.807) is 0 Å². The highest BCUT2D eigenvalue weighted by Gasteiger charge is 2.51. The maximum Gasteiger partial charge on any atom is 0.220 e. The average molecular weight is 1130 g/mol. The van der Waals surface area contributed by atoms with Crippen molar-refractivity contribution in [1.29, 1.82) is 0 Å². The van der Waals surface area contributed by atoms with Crippen molar-refractivity contribution in [3.63, 3.8) is 0 Å². The summed E-state index contributed by atoms with van der Waals surface area (Å²) in [5.74, 6) is -0.212. The van der Waals surface area contributed by atoms with E-state index in [9.17, 15) is 45.6 Å². The fourth-order valence-electron chi connectivity index (χ4n) is 10.0. The smallest absolute Gasteiger partial charge is 0.220 e. The minimum absolute atomic E-state index is 0.212. The van der Waals surface area contributed by atoms with Crippen molar-refractivity contribution in [2.24, 2.45) is 0 Å². The van der Waals surface area contributed by atoms with Crippen LogP contribution >= 0.6 is 0 Å². The molecule has 0 radical (unpaired) electrons. The first-order valence-electron chi connectivity index (χ1n) is 31.8. The van der Waals surface area contributed by atoms with Gasteiger partial charge in [0.2, 0.25) is 5.91 Å². The van der Waals surface area contributed by atoms with E-state index >= 15 is 0 Å². The lowest BCUT2D eigenvalue weighted by Crippen LogP contribution is -2.65. The third kappa shape index (κ3) is 35.3. The number of hydrogen-bond acceptors (Lipinski definition) is 13. The first-order valence-corrected chi connectivity index (χ1v) is 31.8. The van der Waals surface area contributed by atoms with E-state index in [1.807, 2.05) is 0 Å². The molecule has 12 atom stereocenters. The van der Waals surface area contributed by atoms with Gasteiger partial charge in [0, 0.05) is 6.42 Å². The summed E-state index contributed by atoms with van der Waals surface area (Å²) in [4.78, 5) is 13.3. The van der Waals surface area contributed by atoms with E-state index < -0.39 is 86.8 Å². The molecule has 2 heterocycles. The molecule has 2 rings (SSSR count). The van der Waals surface area contributed by atoms with Crippen LogP contribution in [0.25, 0.3) is 0 Å². The molecule has 14 heteroatoms. The first kappa shape index (κ1) is 73.3. The summed E-state index contributed by atoms with van der Waals surface area (Å²) in [6.07, 6.45) is 51.7. The van der Waals surface area contributed by atoms with Gasteiger partial charge in [0.1, 0.15) is 48.8 Å². The summed E-state index contributed by atoms with van der Waals surface area (Å²) in [5, 5.41) is 87.2. The number of nitrogens with one attached hydrogen (secondary N) is 1. The molecule has 14 nitrogen and oxygen atoms in total. The molecular weight excluding hydrogens is 1010 g/mol. The highest BCUT2D eigenvalue weighted by Crippen LogP contribution is 2.30. The largest absolute Gasteiger partial charge is 0.394 e. The summed E-state index contributed by atoms with van der Waals surface area (Å²) in [7, 11) is 0. The molecule has 0 bridgehead atoms. The molecule has 0 aromatic carbocycles. The minimum Gasteiger partial charge on any atom is -0.394 e. The van der Waals surface area contributed by atoms with Crippen molar-refractivity contribution in [2.45, 2.75) is 306 Å². The summed E-state index contributed by atoms with van der Waals surface area (Å²) < 4.78 is 22.8. The number of unbranched alkanes of at least 4 members (excludes halogenated alkanes) is 23. The van der Waals surface area contributed by atoms with Gasteiger partial charge in [-0.05, 0) is 70.6 Å². The molecule has 462 valence electrons. The molecule has 9 N–H and O–H groups in total. The van der Waals surface area contributed by atoms with Crippen LogP contribution in [0.1, 0.15) is 232 Å². The van der Waals surface area contributed by atoms with E-state index in [0.717, 1.165) is 103 Å². The van der Waals surface area contributed by atoms with Crippen LogP contribution in [0.4, 0.5) is 0 Å². The third-order valence-electron chi connectivity index (χ3n) is 15.1. The molecule has 0 aliphatic carbocycles. The zero-order valence-electron chi connectivity index (χ0n) is 49.8. The fourth-order valence-corrected chi connectivity index (χ4v) is 10.0. The number of hydrogen-bond donors (Lipinski definition) is 9. The summed E-state index contributed by atoms with van der Waals surface area (Å²) in [6, 6.07) is -0.832. The Labute approximate surface area is 484 Å². The third-order valence-corrected chi connectivity index (χ3v) is 15.1. The van der Waals surface area contributed by atoms with Gasteiger partial charge in [-0.15, -0.1) is 0 Å². The topological polar surface area (TPSA) is 228 Å². The van der Waals surface area contributed by atoms with Gasteiger partial charge in [-0.2, -0.15) is 0 Å². The number of carbonyl (C=O) groups excluding carboxylic acids is 1. The standard InChI is InChI=1S/C66H115NO13/c1-3-5-7-9-11-13-15-16-17-18-19-20-21-22-23-24-25-26-27-28-29-30-31-32-33-34-35-36-37-38-40-42-44-46-48-50-58(71)67-54(55(70)49-47-45-43-41-39-14-12-10-8-6-4-2)53-77-65-63(76)61(74)64(57(52-69)79-65)80-66-62(75)60(73)59(72)56(51-68)78-66/h5,7,11,13,16-17,19-20,22-23,25-26,28-29,54-57,59-66,68-70,72-76H,3-4,6,8-10,12,14-15,18,21,24,27,30-53H2,1-2H3,(H,67,71)/b7-5-,13-11-,17-16-,20-19-,23-22-,26-25-,29-28-. The van der Waals surface area contributed by atoms with Crippen LogP contribution in [-0.4, -0.2) is 140 Å². The van der Waals surface area contributed by atoms with Crippen LogP contribution in [0.15, 0.2) is 85.1 Å². The Hall–Kier alpha value is -2.83. The Balaban J connectivity index is 1.61. The summed E-state index contributed by atoms with van der Waals surface area (Å²) in [5.41, 5.74) is 0. The molecule has 12 unspecified atom stereocenters. The first-order chi connectivity index (χ1) is 39.1. The number of allylic oxidation sites excluding steroid dienone is 14. The second-order valence-corrected chi connectivity index (χ2v) is 22.2. The molecule has 0 spiro atoms. The number of aliphatic hydroxyl groups is 8. The van der Waals surface area contributed by atoms with Gasteiger partial charge < -0.3 is 65.1 Å². The molecule has 0 saturated carbocycles. The monoisotopic (exact) mass is 1130 g/mol. The quantitative estimate of drug-likeness (QED) is 0.0204. The number of rotatable bonds is 50. The fraction of sp³-hybridized carbons (Fsp3) is 0.773. The molecule has 80 heavy (non-hydrogen) atoms. The van der Waals surface area contributed by atoms with E-state index in [2.05, 4.69) is 104 Å². The van der Waals surface area contributed by atoms with Crippen LogP contribution in [0.3, 0.4) is 0 Å². The lowest BCUT2D eigenvalue weighted by molar-refractivity contribution is -0.359. The molecule has 2 saturated heterocycles. The van der Waals surface area contributed by atoms with Crippen molar-refractivity contribution < 1.29 is 64.6 Å². The molecular formula is C66H115NO13. The van der Waals surface area contributed by atoms with Gasteiger partial charge >= 0.3 is 0 Å². The van der Waals surface area contributed by atoms with E-state index in [0.29, 0.717) is 12.8 Å². The van der Waals surface area contributed by atoms with Crippen molar-refractivity contribution >= 4 is 5.91 Å². The van der Waals surface area contributed by atoms with Crippen LogP contribution in [0.2, 0.25) is 0 Å². The van der Waals surface area contributed by atoms with Crippen molar-refractivity contribution in [1.82, 2.24) is 5.32 Å². The highest BCUT2D eigenvalue weighted by molar-refractivity contribution is 5.76. The molecule has 2 fully saturated rings. The van der Waals surface area contributed by atoms with Crippen molar-refractivity contribution in [2.75, 3.05) is 19.8 Å². The predicted octanol–water partition coefficient (Wildman–Crippen LogP) is 11.7. The van der Waals surface area contributed by atoms with Crippen LogP contribution in [-0.2, 0) is 23.7 Å². The highest BCUT2D eigenvalue weighted by atomic mass is 16.7. The van der Waals surface area contributed by atoms with Crippen LogP contribution in [0.5, 0.6) is 0 Å². The molecule has 2 aliphatic heterocycles. The van der Waals surface area contributed by atoms with Crippen molar-refractivity contribution in [3.8, 4) is 0 Å². The number of aliphatic hydroxyl groups excluding tert-OH is 8. The predicted molar refractivity (Wildman–Crippen MR) is 323 cm³/mol. The van der Waals surface area contributed by atoms with Gasteiger partial charge in [-0.3, -0.25) is 4.79 Å². The molecule has 0 aromatic rings. The Kier molecular flexibility index (Phi) is 46.4. The van der Waals surface area contributed by atoms with Gasteiger partial charge in [-0.25, -0.2) is 0 Å². The van der Waals surface area contributed by atoms with Gasteiger partial charge in [-0.1, -0.05) is 240 Å². The van der Waals surface area contributed by atoms with Gasteiger partial charge in [0.05, 0.1) is 32.0 Å². The zero-order chi connectivity index (χ0) is 58.1.